The summed E-state index contributed by atoms with van der Waals surface area (Å²) in [4.78, 5) is 44.3. The Morgan fingerprint density at radius 3 is 2.05 bits per heavy atom. The second kappa shape index (κ2) is 8.64. The van der Waals surface area contributed by atoms with Gasteiger partial charge in [0, 0.05) is 5.75 Å². The van der Waals surface area contributed by atoms with Gasteiger partial charge in [-0.05, 0) is 0 Å². The molecule has 5 N–H and O–H groups in total. The number of amides is 3. The number of carbonyl (C=O) groups is 4. The summed E-state index contributed by atoms with van der Waals surface area (Å²) < 4.78 is 0. The molecule has 0 aromatic rings. The highest BCUT2D eigenvalue weighted by molar-refractivity contribution is 7.81. The predicted octanol–water partition coefficient (Wildman–Crippen LogP) is -2.22. The van der Waals surface area contributed by atoms with Crippen LogP contribution in [0.15, 0.2) is 0 Å². The van der Waals surface area contributed by atoms with Crippen LogP contribution in [0.25, 0.3) is 0 Å². The normalized spacial score (nSPS) is 13.2. The van der Waals surface area contributed by atoms with E-state index in [1.807, 2.05) is 0 Å². The van der Waals surface area contributed by atoms with E-state index in [9.17, 15) is 19.2 Å². The number of thiol groups is 2. The highest BCUT2D eigenvalue weighted by Crippen LogP contribution is 1.96. The van der Waals surface area contributed by atoms with Gasteiger partial charge in [-0.25, -0.2) is 0 Å². The van der Waals surface area contributed by atoms with E-state index < -0.39 is 42.2 Å². The van der Waals surface area contributed by atoms with E-state index in [-0.39, 0.29) is 11.5 Å². The van der Waals surface area contributed by atoms with Crippen LogP contribution in [0.2, 0.25) is 0 Å². The van der Waals surface area contributed by atoms with Crippen molar-refractivity contribution in [3.8, 4) is 0 Å². The Morgan fingerprint density at radius 2 is 1.68 bits per heavy atom. The number of hydrogen-bond acceptors (Lipinski definition) is 6. The van der Waals surface area contributed by atoms with Gasteiger partial charge in [0.2, 0.25) is 17.7 Å². The average Bonchev–Trinajstić information content (AvgIpc) is 2.33. The Kier molecular flexibility index (Phi) is 8.00. The summed E-state index contributed by atoms with van der Waals surface area (Å²) in [5, 5.41) is 13.0. The lowest BCUT2D eigenvalue weighted by Crippen LogP contribution is -2.54. The highest BCUT2D eigenvalue weighted by atomic mass is 32.1. The fraction of sp³-hybridized carbons (Fsp3) is 0.556. The zero-order chi connectivity index (χ0) is 15.0. The number of carbonyl (C=O) groups excluding carboxylic acids is 3. The third kappa shape index (κ3) is 6.91. The van der Waals surface area contributed by atoms with Crippen LogP contribution in [0.5, 0.6) is 0 Å². The van der Waals surface area contributed by atoms with Crippen molar-refractivity contribution in [1.82, 2.24) is 10.6 Å². The van der Waals surface area contributed by atoms with E-state index in [1.165, 1.54) is 0 Å². The van der Waals surface area contributed by atoms with Crippen LogP contribution in [-0.4, -0.2) is 52.4 Å². The third-order valence-electron chi connectivity index (χ3n) is 2.02. The molecule has 8 nitrogen and oxygen atoms in total. The zero-order valence-electron chi connectivity index (χ0n) is 9.83. The van der Waals surface area contributed by atoms with Gasteiger partial charge >= 0.3 is 5.97 Å². The van der Waals surface area contributed by atoms with Gasteiger partial charge in [-0.3, -0.25) is 19.2 Å². The van der Waals surface area contributed by atoms with E-state index in [0.717, 1.165) is 0 Å². The van der Waals surface area contributed by atoms with Gasteiger partial charge in [-0.2, -0.15) is 25.3 Å². The third-order valence-corrected chi connectivity index (χ3v) is 2.67. The lowest BCUT2D eigenvalue weighted by molar-refractivity contribution is -0.140. The van der Waals surface area contributed by atoms with E-state index in [2.05, 4.69) is 35.9 Å². The summed E-state index contributed by atoms with van der Waals surface area (Å²) in [6, 6.07) is -2.35. The summed E-state index contributed by atoms with van der Waals surface area (Å²) in [7, 11) is 0. The first kappa shape index (κ1) is 17.6. The predicted molar refractivity (Wildman–Crippen MR) is 73.0 cm³/mol. The molecule has 0 aliphatic heterocycles. The molecule has 0 unspecified atom stereocenters. The topological polar surface area (TPSA) is 139 Å². The molecule has 108 valence electrons. The van der Waals surface area contributed by atoms with Crippen molar-refractivity contribution >= 4 is 48.9 Å². The first-order valence-corrected chi connectivity index (χ1v) is 6.40. The first-order chi connectivity index (χ1) is 8.81. The van der Waals surface area contributed by atoms with Gasteiger partial charge in [0.05, 0.1) is 12.2 Å². The number of rotatable bonds is 8. The monoisotopic (exact) mass is 309 g/mol. The van der Waals surface area contributed by atoms with Gasteiger partial charge in [0.25, 0.3) is 0 Å². The number of carboxylic acid groups (broad SMARTS) is 1. The summed E-state index contributed by atoms with van der Waals surface area (Å²) in [6.07, 6.45) is -0.638. The number of carboxylic acids is 1. The number of nitrogens with two attached hydrogens (primary N) is 1. The fourth-order valence-electron chi connectivity index (χ4n) is 1.10. The largest absolute Gasteiger partial charge is 0.481 e. The molecule has 0 fully saturated rings. The van der Waals surface area contributed by atoms with Crippen molar-refractivity contribution in [1.29, 1.82) is 0 Å². The maximum Gasteiger partial charge on any atom is 0.305 e. The Morgan fingerprint density at radius 1 is 1.11 bits per heavy atom. The summed E-state index contributed by atoms with van der Waals surface area (Å²) >= 11 is 7.60. The van der Waals surface area contributed by atoms with Crippen molar-refractivity contribution in [2.75, 3.05) is 11.5 Å². The van der Waals surface area contributed by atoms with Crippen LogP contribution in [0.3, 0.4) is 0 Å². The van der Waals surface area contributed by atoms with Gasteiger partial charge in [-0.1, -0.05) is 0 Å². The summed E-state index contributed by atoms with van der Waals surface area (Å²) in [5.41, 5.74) is 4.97. The molecule has 0 radical (unpaired) electrons. The zero-order valence-corrected chi connectivity index (χ0v) is 11.6. The number of nitrogens with one attached hydrogen (secondary N) is 2. The van der Waals surface area contributed by atoms with Gasteiger partial charge in [-0.15, -0.1) is 0 Å². The smallest absolute Gasteiger partial charge is 0.305 e. The molecule has 10 heteroatoms. The molecule has 2 atom stereocenters. The van der Waals surface area contributed by atoms with Crippen LogP contribution in [0.1, 0.15) is 6.42 Å². The Hall–Kier alpha value is -1.42. The standard InChI is InChI=1S/C9H15N3O5S2/c10-8(16)4(1-7(14)15)12-9(17)5(2-18)11-6(13)3-19/h4-5,18-19H,1-3H2,(H2,10,16)(H,11,13)(H,12,17)(H,14,15)/t4-,5-/m0/s1. The molecule has 0 saturated carbocycles. The molecule has 0 saturated heterocycles. The SMILES string of the molecule is NC(=O)[C@H](CC(=O)O)NC(=O)[C@H](CS)NC(=O)CS. The Bertz CT molecular complexity index is 377. The van der Waals surface area contributed by atoms with Crippen LogP contribution in [-0.2, 0) is 19.2 Å². The highest BCUT2D eigenvalue weighted by Gasteiger charge is 2.26. The molecule has 0 aliphatic carbocycles. The minimum absolute atomic E-state index is 0.0239. The van der Waals surface area contributed by atoms with Crippen molar-refractivity contribution in [3.63, 3.8) is 0 Å². The lowest BCUT2D eigenvalue weighted by Gasteiger charge is -2.19. The number of aliphatic carboxylic acids is 1. The van der Waals surface area contributed by atoms with Gasteiger partial charge in [0.15, 0.2) is 0 Å². The maximum atomic E-state index is 11.7. The molecule has 19 heavy (non-hydrogen) atoms. The van der Waals surface area contributed by atoms with Crippen LogP contribution >= 0.6 is 25.3 Å². The molecular formula is C9H15N3O5S2. The fourth-order valence-corrected chi connectivity index (χ4v) is 1.45. The second-order valence-corrected chi connectivity index (χ2v) is 4.20. The molecule has 0 aliphatic rings. The quantitative estimate of drug-likeness (QED) is 0.282. The molecule has 0 aromatic heterocycles. The average molecular weight is 309 g/mol. The van der Waals surface area contributed by atoms with Crippen molar-refractivity contribution in [3.05, 3.63) is 0 Å². The maximum absolute atomic E-state index is 11.7. The van der Waals surface area contributed by atoms with Crippen LogP contribution < -0.4 is 16.4 Å². The molecule has 0 aromatic carbocycles. The minimum atomic E-state index is -1.35. The Labute approximate surface area is 120 Å². The Balaban J connectivity index is 4.63. The second-order valence-electron chi connectivity index (χ2n) is 3.52. The van der Waals surface area contributed by atoms with Gasteiger partial charge < -0.3 is 21.5 Å². The van der Waals surface area contributed by atoms with E-state index in [0.29, 0.717) is 0 Å². The van der Waals surface area contributed by atoms with E-state index >= 15 is 0 Å². The van der Waals surface area contributed by atoms with Gasteiger partial charge in [0.1, 0.15) is 12.1 Å². The van der Waals surface area contributed by atoms with Crippen molar-refractivity contribution in [2.45, 2.75) is 18.5 Å². The molecule has 0 heterocycles. The summed E-state index contributed by atoms with van der Waals surface area (Å²) in [5.74, 6) is -3.64. The molecule has 0 spiro atoms. The molecule has 0 rings (SSSR count). The van der Waals surface area contributed by atoms with Crippen molar-refractivity contribution in [2.24, 2.45) is 5.73 Å². The number of primary amides is 1. The van der Waals surface area contributed by atoms with Crippen LogP contribution in [0, 0.1) is 0 Å². The van der Waals surface area contributed by atoms with Crippen LogP contribution in [0.4, 0.5) is 0 Å². The minimum Gasteiger partial charge on any atom is -0.481 e. The lowest BCUT2D eigenvalue weighted by atomic mass is 10.2. The molecular weight excluding hydrogens is 294 g/mol. The first-order valence-electron chi connectivity index (χ1n) is 5.14. The summed E-state index contributed by atoms with van der Waals surface area (Å²) in [6.45, 7) is 0. The number of hydrogen-bond donors (Lipinski definition) is 6. The van der Waals surface area contributed by atoms with Crippen molar-refractivity contribution < 1.29 is 24.3 Å². The molecule has 0 bridgehead atoms. The van der Waals surface area contributed by atoms with E-state index in [4.69, 9.17) is 10.8 Å². The molecule has 3 amide bonds. The van der Waals surface area contributed by atoms with E-state index in [1.54, 1.807) is 0 Å².